The van der Waals surface area contributed by atoms with E-state index in [2.05, 4.69) is 21.2 Å². The second-order valence-corrected chi connectivity index (χ2v) is 7.59. The van der Waals surface area contributed by atoms with Crippen LogP contribution in [0.2, 0.25) is 0 Å². The Morgan fingerprint density at radius 2 is 1.55 bits per heavy atom. The van der Waals surface area contributed by atoms with Gasteiger partial charge in [-0.05, 0) is 46.1 Å². The molecule has 0 spiro atoms. The number of carbonyl (C=O) groups is 1. The monoisotopic (exact) mass is 521 g/mol. The van der Waals surface area contributed by atoms with Crippen LogP contribution in [0.15, 0.2) is 59.1 Å². The van der Waals surface area contributed by atoms with E-state index < -0.39 is 38.8 Å². The molecule has 33 heavy (non-hydrogen) atoms. The number of carbonyl (C=O) groups excluding carboxylic acids is 1. The molecule has 0 aromatic heterocycles. The molecule has 1 N–H and O–H groups in total. The second-order valence-electron chi connectivity index (χ2n) is 6.74. The first-order chi connectivity index (χ1) is 15.6. The van der Waals surface area contributed by atoms with Crippen LogP contribution in [-0.2, 0) is 11.2 Å². The van der Waals surface area contributed by atoms with Crippen LogP contribution in [0.1, 0.15) is 12.0 Å². The number of nitro benzene ring substituents is 2. The van der Waals surface area contributed by atoms with Crippen molar-refractivity contribution in [3.05, 3.63) is 96.5 Å². The zero-order valence-electron chi connectivity index (χ0n) is 16.6. The van der Waals surface area contributed by atoms with Crippen molar-refractivity contribution in [2.24, 2.45) is 0 Å². The van der Waals surface area contributed by atoms with Gasteiger partial charge in [0, 0.05) is 17.0 Å². The van der Waals surface area contributed by atoms with Gasteiger partial charge in [-0.15, -0.1) is 0 Å². The van der Waals surface area contributed by atoms with Crippen LogP contribution in [-0.4, -0.2) is 15.8 Å². The van der Waals surface area contributed by atoms with E-state index in [0.717, 1.165) is 29.8 Å². The normalized spacial score (nSPS) is 10.5. The van der Waals surface area contributed by atoms with Gasteiger partial charge in [0.1, 0.15) is 17.3 Å². The number of nitrogens with one attached hydrogen (secondary N) is 1. The van der Waals surface area contributed by atoms with Crippen LogP contribution in [0.4, 0.5) is 25.8 Å². The number of halogens is 3. The summed E-state index contributed by atoms with van der Waals surface area (Å²) >= 11 is 3.00. The number of anilines is 1. The number of non-ortho nitro benzene ring substituents is 2. The summed E-state index contributed by atoms with van der Waals surface area (Å²) in [5, 5.41) is 24.3. The second kappa shape index (κ2) is 10.1. The lowest BCUT2D eigenvalue weighted by molar-refractivity contribution is -0.394. The van der Waals surface area contributed by atoms with Crippen LogP contribution in [0.25, 0.3) is 0 Å². The number of nitro groups is 2. The maximum Gasteiger partial charge on any atom is 0.280 e. The quantitative estimate of drug-likeness (QED) is 0.290. The predicted octanol–water partition coefficient (Wildman–Crippen LogP) is 5.91. The van der Waals surface area contributed by atoms with Crippen molar-refractivity contribution in [1.82, 2.24) is 0 Å². The number of ether oxygens (including phenoxy) is 1. The highest BCUT2D eigenvalue weighted by molar-refractivity contribution is 9.10. The highest BCUT2D eigenvalue weighted by atomic mass is 79.9. The zero-order valence-corrected chi connectivity index (χ0v) is 18.2. The van der Waals surface area contributed by atoms with Crippen molar-refractivity contribution in [3.63, 3.8) is 0 Å². The van der Waals surface area contributed by atoms with Crippen molar-refractivity contribution in [2.75, 3.05) is 5.32 Å². The van der Waals surface area contributed by atoms with Crippen molar-refractivity contribution < 1.29 is 28.2 Å². The average molecular weight is 522 g/mol. The van der Waals surface area contributed by atoms with Gasteiger partial charge < -0.3 is 10.1 Å². The molecular weight excluding hydrogens is 508 g/mol. The van der Waals surface area contributed by atoms with Gasteiger partial charge in [-0.3, -0.25) is 25.0 Å². The Kier molecular flexibility index (Phi) is 7.28. The van der Waals surface area contributed by atoms with Gasteiger partial charge in [0.25, 0.3) is 11.4 Å². The van der Waals surface area contributed by atoms with E-state index in [9.17, 15) is 33.8 Å². The van der Waals surface area contributed by atoms with Crippen molar-refractivity contribution >= 4 is 38.9 Å². The Labute approximate surface area is 193 Å². The minimum absolute atomic E-state index is 0.0144. The molecule has 0 bridgehead atoms. The molecule has 0 aliphatic heterocycles. The first-order valence-corrected chi connectivity index (χ1v) is 10.1. The number of hydrogen-bond donors (Lipinski definition) is 1. The summed E-state index contributed by atoms with van der Waals surface area (Å²) < 4.78 is 32.5. The topological polar surface area (TPSA) is 125 Å². The van der Waals surface area contributed by atoms with Crippen LogP contribution in [0.5, 0.6) is 11.5 Å². The van der Waals surface area contributed by atoms with Gasteiger partial charge in [0.05, 0.1) is 33.7 Å². The molecule has 0 heterocycles. The van der Waals surface area contributed by atoms with E-state index >= 15 is 0 Å². The molecule has 0 unspecified atom stereocenters. The van der Waals surface area contributed by atoms with Gasteiger partial charge in [0.2, 0.25) is 5.91 Å². The fourth-order valence-corrected chi connectivity index (χ4v) is 3.33. The number of rotatable bonds is 8. The molecule has 3 rings (SSSR count). The first-order valence-electron chi connectivity index (χ1n) is 9.27. The third-order valence-corrected chi connectivity index (χ3v) is 4.99. The maximum absolute atomic E-state index is 13.8. The zero-order chi connectivity index (χ0) is 24.1. The molecule has 3 aromatic rings. The Morgan fingerprint density at radius 1 is 0.939 bits per heavy atom. The summed E-state index contributed by atoms with van der Waals surface area (Å²) in [6, 6.07) is 11.0. The van der Waals surface area contributed by atoms with Crippen molar-refractivity contribution in [3.8, 4) is 11.5 Å². The highest BCUT2D eigenvalue weighted by Crippen LogP contribution is 2.31. The third kappa shape index (κ3) is 6.29. The van der Waals surface area contributed by atoms with E-state index in [1.54, 1.807) is 12.1 Å². The minimum atomic E-state index is -0.905. The Balaban J connectivity index is 1.62. The van der Waals surface area contributed by atoms with E-state index in [4.69, 9.17) is 4.74 Å². The average Bonchev–Trinajstić information content (AvgIpc) is 2.75. The molecule has 0 atom stereocenters. The summed E-state index contributed by atoms with van der Waals surface area (Å²) in [5.74, 6) is -1.96. The van der Waals surface area contributed by atoms with Gasteiger partial charge in [0.15, 0.2) is 5.82 Å². The summed E-state index contributed by atoms with van der Waals surface area (Å²) in [6.07, 6.45) is 0.315. The molecule has 0 aliphatic carbocycles. The standard InChI is InChI=1S/C21H14BrF2N3O6/c22-18-7-13(23)8-19(24)21(18)25-20(28)6-3-12-1-4-16(5-2-12)33-17-10-14(26(29)30)9-15(11-17)27(31)32/h1-2,4-5,7-11H,3,6H2,(H,25,28). The maximum atomic E-state index is 13.8. The van der Waals surface area contributed by atoms with Crippen LogP contribution in [0, 0.1) is 31.9 Å². The van der Waals surface area contributed by atoms with Crippen molar-refractivity contribution in [1.29, 1.82) is 0 Å². The fraction of sp³-hybridized carbons (Fsp3) is 0.0952. The van der Waals surface area contributed by atoms with Crippen molar-refractivity contribution in [2.45, 2.75) is 12.8 Å². The van der Waals surface area contributed by atoms with Gasteiger partial charge >= 0.3 is 0 Å². The van der Waals surface area contributed by atoms with Gasteiger partial charge in [-0.2, -0.15) is 0 Å². The molecule has 0 saturated heterocycles. The summed E-state index contributed by atoms with van der Waals surface area (Å²) in [7, 11) is 0. The molecule has 12 heteroatoms. The lowest BCUT2D eigenvalue weighted by Gasteiger charge is -2.09. The molecule has 0 fully saturated rings. The van der Waals surface area contributed by atoms with Gasteiger partial charge in [-0.1, -0.05) is 12.1 Å². The molecule has 170 valence electrons. The Bertz CT molecular complexity index is 1180. The number of hydrogen-bond acceptors (Lipinski definition) is 6. The lowest BCUT2D eigenvalue weighted by atomic mass is 10.1. The van der Waals surface area contributed by atoms with E-state index in [1.165, 1.54) is 12.1 Å². The smallest absolute Gasteiger partial charge is 0.280 e. The SMILES string of the molecule is O=C(CCc1ccc(Oc2cc([N+](=O)[O-])cc([N+](=O)[O-])c2)cc1)Nc1c(F)cc(F)cc1Br. The van der Waals surface area contributed by atoms with Crippen LogP contribution >= 0.6 is 15.9 Å². The number of amides is 1. The third-order valence-electron chi connectivity index (χ3n) is 4.37. The molecule has 1 amide bonds. The highest BCUT2D eigenvalue weighted by Gasteiger charge is 2.18. The summed E-state index contributed by atoms with van der Waals surface area (Å²) in [4.78, 5) is 32.6. The molecule has 9 nitrogen and oxygen atoms in total. The molecule has 0 radical (unpaired) electrons. The number of aryl methyl sites for hydroxylation is 1. The van der Waals surface area contributed by atoms with Crippen LogP contribution < -0.4 is 10.1 Å². The predicted molar refractivity (Wildman–Crippen MR) is 117 cm³/mol. The number of nitrogens with zero attached hydrogens (tertiary/aromatic N) is 2. The molecular formula is C21H14BrF2N3O6. The van der Waals surface area contributed by atoms with E-state index in [-0.39, 0.29) is 28.1 Å². The molecule has 0 saturated carbocycles. The Morgan fingerprint density at radius 3 is 2.09 bits per heavy atom. The first kappa shape index (κ1) is 23.7. The van der Waals surface area contributed by atoms with E-state index in [1.807, 2.05) is 0 Å². The Hall–Kier alpha value is -3.93. The largest absolute Gasteiger partial charge is 0.457 e. The lowest BCUT2D eigenvalue weighted by Crippen LogP contribution is -2.14. The van der Waals surface area contributed by atoms with E-state index in [0.29, 0.717) is 12.5 Å². The molecule has 3 aromatic carbocycles. The fourth-order valence-electron chi connectivity index (χ4n) is 2.82. The summed E-state index contributed by atoms with van der Waals surface area (Å²) in [6.45, 7) is 0. The number of benzene rings is 3. The minimum Gasteiger partial charge on any atom is -0.457 e. The van der Waals surface area contributed by atoms with Crippen LogP contribution in [0.3, 0.4) is 0 Å². The molecule has 0 aliphatic rings. The summed E-state index contributed by atoms with van der Waals surface area (Å²) in [5.41, 5.74) is -0.380. The van der Waals surface area contributed by atoms with Gasteiger partial charge in [-0.25, -0.2) is 8.78 Å².